The monoisotopic (exact) mass is 311 g/mol. The summed E-state index contributed by atoms with van der Waals surface area (Å²) in [5.74, 6) is 0.945. The second-order valence-corrected chi connectivity index (χ2v) is 8.26. The maximum absolute atomic E-state index is 6.45. The van der Waals surface area contributed by atoms with Crippen molar-refractivity contribution in [3.8, 4) is 0 Å². The van der Waals surface area contributed by atoms with Crippen molar-refractivity contribution in [3.63, 3.8) is 0 Å². The standard InChI is InChI=1S/C15H22ClN3S/c1-10-8-19(9-11(2)20-10)15-14(16)5-12(7-18-15)6-17-13-3-4-13/h5,7,10-11,13,17H,3-4,6,8-9H2,1-2H3. The van der Waals surface area contributed by atoms with Crippen LogP contribution in [0, 0.1) is 0 Å². The Morgan fingerprint density at radius 1 is 1.35 bits per heavy atom. The number of nitrogens with one attached hydrogen (secondary N) is 1. The van der Waals surface area contributed by atoms with Crippen LogP contribution in [0.15, 0.2) is 12.3 Å². The third-order valence-corrected chi connectivity index (χ3v) is 5.28. The van der Waals surface area contributed by atoms with Gasteiger partial charge in [0.2, 0.25) is 0 Å². The summed E-state index contributed by atoms with van der Waals surface area (Å²) in [7, 11) is 0. The lowest BCUT2D eigenvalue weighted by molar-refractivity contribution is 0.683. The van der Waals surface area contributed by atoms with Crippen LogP contribution in [0.2, 0.25) is 5.02 Å². The van der Waals surface area contributed by atoms with Gasteiger partial charge in [-0.05, 0) is 24.5 Å². The average molecular weight is 312 g/mol. The minimum atomic E-state index is 0.632. The summed E-state index contributed by atoms with van der Waals surface area (Å²) in [6.07, 6.45) is 4.58. The van der Waals surface area contributed by atoms with Crippen molar-refractivity contribution < 1.29 is 0 Å². The van der Waals surface area contributed by atoms with Gasteiger partial charge >= 0.3 is 0 Å². The number of aromatic nitrogens is 1. The number of halogens is 1. The molecule has 0 radical (unpaired) electrons. The molecular formula is C15H22ClN3S. The smallest absolute Gasteiger partial charge is 0.147 e. The predicted molar refractivity (Wildman–Crippen MR) is 87.8 cm³/mol. The van der Waals surface area contributed by atoms with E-state index < -0.39 is 0 Å². The molecule has 2 unspecified atom stereocenters. The molecule has 3 nitrogen and oxygen atoms in total. The summed E-state index contributed by atoms with van der Waals surface area (Å²) >= 11 is 8.49. The molecule has 2 atom stereocenters. The third kappa shape index (κ3) is 3.60. The first kappa shape index (κ1) is 14.5. The first-order valence-corrected chi connectivity index (χ1v) is 8.72. The molecule has 1 N–H and O–H groups in total. The Hall–Kier alpha value is -0.450. The molecule has 1 aliphatic carbocycles. The average Bonchev–Trinajstić information content (AvgIpc) is 3.19. The maximum Gasteiger partial charge on any atom is 0.147 e. The van der Waals surface area contributed by atoms with Crippen LogP contribution in [0.3, 0.4) is 0 Å². The Kier molecular flexibility index (Phi) is 4.43. The number of anilines is 1. The number of thioether (sulfide) groups is 1. The van der Waals surface area contributed by atoms with E-state index in [4.69, 9.17) is 11.6 Å². The van der Waals surface area contributed by atoms with Gasteiger partial charge in [-0.2, -0.15) is 11.8 Å². The van der Waals surface area contributed by atoms with E-state index in [1.807, 2.05) is 18.0 Å². The Bertz CT molecular complexity index is 468. The Morgan fingerprint density at radius 2 is 2.05 bits per heavy atom. The van der Waals surface area contributed by atoms with Crippen LogP contribution in [0.4, 0.5) is 5.82 Å². The molecule has 0 aromatic carbocycles. The summed E-state index contributed by atoms with van der Waals surface area (Å²) in [4.78, 5) is 6.94. The number of nitrogens with zero attached hydrogens (tertiary/aromatic N) is 2. The molecule has 110 valence electrons. The van der Waals surface area contributed by atoms with E-state index in [-0.39, 0.29) is 0 Å². The summed E-state index contributed by atoms with van der Waals surface area (Å²) in [6, 6.07) is 2.78. The second-order valence-electron chi connectivity index (χ2n) is 5.97. The topological polar surface area (TPSA) is 28.2 Å². The van der Waals surface area contributed by atoms with E-state index in [0.717, 1.165) is 30.5 Å². The van der Waals surface area contributed by atoms with Crippen LogP contribution >= 0.6 is 23.4 Å². The zero-order valence-corrected chi connectivity index (χ0v) is 13.7. The molecule has 1 aromatic heterocycles. The van der Waals surface area contributed by atoms with Crippen molar-refractivity contribution in [1.82, 2.24) is 10.3 Å². The van der Waals surface area contributed by atoms with Crippen molar-refractivity contribution in [2.24, 2.45) is 0 Å². The number of rotatable bonds is 4. The van der Waals surface area contributed by atoms with E-state index in [0.29, 0.717) is 16.5 Å². The summed E-state index contributed by atoms with van der Waals surface area (Å²) in [5.41, 5.74) is 1.18. The van der Waals surface area contributed by atoms with Crippen LogP contribution in [0.25, 0.3) is 0 Å². The van der Waals surface area contributed by atoms with Crippen LogP contribution in [0.1, 0.15) is 32.3 Å². The lowest BCUT2D eigenvalue weighted by atomic mass is 10.2. The molecule has 20 heavy (non-hydrogen) atoms. The lowest BCUT2D eigenvalue weighted by Crippen LogP contribution is -2.41. The minimum absolute atomic E-state index is 0.632. The van der Waals surface area contributed by atoms with Crippen LogP contribution in [-0.4, -0.2) is 34.6 Å². The normalized spacial score (nSPS) is 26.9. The van der Waals surface area contributed by atoms with Gasteiger partial charge in [-0.3, -0.25) is 0 Å². The van der Waals surface area contributed by atoms with Gasteiger partial charge in [0, 0.05) is 42.4 Å². The molecule has 3 rings (SSSR count). The molecule has 0 bridgehead atoms. The van der Waals surface area contributed by atoms with E-state index in [1.165, 1.54) is 18.4 Å². The molecule has 2 fully saturated rings. The van der Waals surface area contributed by atoms with Crippen molar-refractivity contribution in [2.45, 2.75) is 49.8 Å². The largest absolute Gasteiger partial charge is 0.353 e. The molecule has 0 spiro atoms. The highest BCUT2D eigenvalue weighted by Gasteiger charge is 2.25. The molecule has 1 aromatic rings. The molecular weight excluding hydrogens is 290 g/mol. The zero-order chi connectivity index (χ0) is 14.1. The fourth-order valence-electron chi connectivity index (χ4n) is 2.70. The predicted octanol–water partition coefficient (Wildman–Crippen LogP) is 3.32. The Morgan fingerprint density at radius 3 is 2.65 bits per heavy atom. The van der Waals surface area contributed by atoms with Crippen molar-refractivity contribution in [3.05, 3.63) is 22.8 Å². The van der Waals surface area contributed by atoms with E-state index in [9.17, 15) is 0 Å². The fourth-order valence-corrected chi connectivity index (χ4v) is 4.33. The first-order valence-electron chi connectivity index (χ1n) is 7.40. The molecule has 1 saturated heterocycles. The van der Waals surface area contributed by atoms with Gasteiger partial charge in [0.15, 0.2) is 0 Å². The van der Waals surface area contributed by atoms with Gasteiger partial charge in [0.25, 0.3) is 0 Å². The third-order valence-electron chi connectivity index (χ3n) is 3.77. The second kappa shape index (κ2) is 6.12. The zero-order valence-electron chi connectivity index (χ0n) is 12.1. The SMILES string of the molecule is CC1CN(c2ncc(CNC3CC3)cc2Cl)CC(C)S1. The highest BCUT2D eigenvalue weighted by Crippen LogP contribution is 2.31. The number of hydrogen-bond acceptors (Lipinski definition) is 4. The van der Waals surface area contributed by atoms with Gasteiger partial charge < -0.3 is 10.2 Å². The van der Waals surface area contributed by atoms with Gasteiger partial charge in [-0.25, -0.2) is 4.98 Å². The van der Waals surface area contributed by atoms with Gasteiger partial charge in [0.05, 0.1) is 5.02 Å². The molecule has 5 heteroatoms. The quantitative estimate of drug-likeness (QED) is 0.923. The highest BCUT2D eigenvalue weighted by atomic mass is 35.5. The number of pyridine rings is 1. The van der Waals surface area contributed by atoms with Crippen LogP contribution in [0.5, 0.6) is 0 Å². The Labute approximate surface area is 130 Å². The van der Waals surface area contributed by atoms with Crippen LogP contribution in [-0.2, 0) is 6.54 Å². The van der Waals surface area contributed by atoms with Gasteiger partial charge in [-0.1, -0.05) is 25.4 Å². The summed E-state index contributed by atoms with van der Waals surface area (Å²) in [5, 5.41) is 5.55. The first-order chi connectivity index (χ1) is 9.61. The Balaban J connectivity index is 1.69. The fraction of sp³-hybridized carbons (Fsp3) is 0.667. The van der Waals surface area contributed by atoms with Gasteiger partial charge in [-0.15, -0.1) is 0 Å². The lowest BCUT2D eigenvalue weighted by Gasteiger charge is -2.35. The molecule has 0 amide bonds. The van der Waals surface area contributed by atoms with Crippen LogP contribution < -0.4 is 10.2 Å². The number of hydrogen-bond donors (Lipinski definition) is 1. The van der Waals surface area contributed by atoms with Crippen molar-refractivity contribution in [1.29, 1.82) is 0 Å². The summed E-state index contributed by atoms with van der Waals surface area (Å²) in [6.45, 7) is 7.48. The molecule has 2 aliphatic rings. The highest BCUT2D eigenvalue weighted by molar-refractivity contribution is 8.00. The van der Waals surface area contributed by atoms with E-state index >= 15 is 0 Å². The molecule has 2 heterocycles. The van der Waals surface area contributed by atoms with Gasteiger partial charge in [0.1, 0.15) is 5.82 Å². The van der Waals surface area contributed by atoms with Crippen molar-refractivity contribution >= 4 is 29.2 Å². The maximum atomic E-state index is 6.45. The van der Waals surface area contributed by atoms with Crippen molar-refractivity contribution in [2.75, 3.05) is 18.0 Å². The van der Waals surface area contributed by atoms with E-state index in [2.05, 4.69) is 35.1 Å². The molecule has 1 saturated carbocycles. The van der Waals surface area contributed by atoms with E-state index in [1.54, 1.807) is 0 Å². The summed E-state index contributed by atoms with van der Waals surface area (Å²) < 4.78 is 0. The minimum Gasteiger partial charge on any atom is -0.353 e. The molecule has 1 aliphatic heterocycles.